The molecule has 0 bridgehead atoms. The summed E-state index contributed by atoms with van der Waals surface area (Å²) in [6.45, 7) is 0.353. The molecule has 5 nitrogen and oxygen atoms in total. The van der Waals surface area contributed by atoms with Gasteiger partial charge in [0.05, 0.1) is 12.2 Å². The molecule has 1 N–H and O–H groups in total. The predicted octanol–water partition coefficient (Wildman–Crippen LogP) is 1.54. The van der Waals surface area contributed by atoms with Gasteiger partial charge in [0.2, 0.25) is 5.01 Å². The molecule has 1 aliphatic rings. The number of hydrogen-bond donors (Lipinski definition) is 1. The zero-order valence-corrected chi connectivity index (χ0v) is 10.9. The molecule has 2 aromatic rings. The Labute approximate surface area is 113 Å². The molecule has 2 aromatic heterocycles. The normalized spacial score (nSPS) is 13.5. The smallest absolute Gasteiger partial charge is 0.365 e. The fourth-order valence-corrected chi connectivity index (χ4v) is 3.09. The molecule has 0 unspecified atom stereocenters. The molecule has 0 saturated heterocycles. The van der Waals surface area contributed by atoms with Crippen molar-refractivity contribution in [3.63, 3.8) is 0 Å². The minimum atomic E-state index is -1.03. The third-order valence-corrected chi connectivity index (χ3v) is 4.18. The average molecular weight is 276 g/mol. The Hall–Kier alpha value is -1.95. The first-order chi connectivity index (χ1) is 9.15. The van der Waals surface area contributed by atoms with E-state index in [4.69, 9.17) is 5.11 Å². The number of fused-ring (bicyclic) bond motifs is 1. The van der Waals surface area contributed by atoms with Crippen LogP contribution >= 0.6 is 11.3 Å². The molecule has 0 amide bonds. The molecule has 2 heterocycles. The molecular formula is C13H12N2O3S. The Bertz CT molecular complexity index is 702. The Morgan fingerprint density at radius 3 is 3.00 bits per heavy atom. The van der Waals surface area contributed by atoms with E-state index in [1.54, 1.807) is 16.0 Å². The van der Waals surface area contributed by atoms with E-state index in [1.165, 1.54) is 5.56 Å². The van der Waals surface area contributed by atoms with Crippen LogP contribution in [-0.2, 0) is 19.4 Å². The fourth-order valence-electron chi connectivity index (χ4n) is 2.45. The van der Waals surface area contributed by atoms with Gasteiger partial charge in [-0.05, 0) is 24.8 Å². The first kappa shape index (κ1) is 12.1. The van der Waals surface area contributed by atoms with E-state index in [2.05, 4.69) is 4.98 Å². The van der Waals surface area contributed by atoms with Gasteiger partial charge in [-0.25, -0.2) is 9.78 Å². The second-order valence-electron chi connectivity index (χ2n) is 4.53. The number of aromatic carboxylic acids is 1. The molecule has 0 atom stereocenters. The van der Waals surface area contributed by atoms with Gasteiger partial charge in [0, 0.05) is 17.1 Å². The largest absolute Gasteiger partial charge is 0.476 e. The van der Waals surface area contributed by atoms with Crippen molar-refractivity contribution in [1.29, 1.82) is 0 Å². The van der Waals surface area contributed by atoms with Crippen molar-refractivity contribution in [2.75, 3.05) is 0 Å². The zero-order chi connectivity index (χ0) is 13.4. The highest BCUT2D eigenvalue weighted by Crippen LogP contribution is 2.21. The van der Waals surface area contributed by atoms with E-state index in [9.17, 15) is 9.59 Å². The van der Waals surface area contributed by atoms with E-state index in [-0.39, 0.29) is 10.6 Å². The maximum atomic E-state index is 11.9. The SMILES string of the molecule is O=C(O)c1nc(Cn2c3c(ccc2=O)CCC3)cs1. The number of carboxylic acid groups (broad SMARTS) is 1. The van der Waals surface area contributed by atoms with Gasteiger partial charge in [-0.2, -0.15) is 0 Å². The lowest BCUT2D eigenvalue weighted by molar-refractivity contribution is 0.0696. The maximum Gasteiger partial charge on any atom is 0.365 e. The van der Waals surface area contributed by atoms with Crippen LogP contribution in [0.15, 0.2) is 22.3 Å². The zero-order valence-electron chi connectivity index (χ0n) is 10.1. The van der Waals surface area contributed by atoms with Gasteiger partial charge in [-0.3, -0.25) is 4.79 Å². The molecule has 0 saturated carbocycles. The van der Waals surface area contributed by atoms with Gasteiger partial charge in [-0.15, -0.1) is 11.3 Å². The Morgan fingerprint density at radius 1 is 1.42 bits per heavy atom. The molecule has 0 aromatic carbocycles. The van der Waals surface area contributed by atoms with Crippen LogP contribution in [0, 0.1) is 0 Å². The average Bonchev–Trinajstić information content (AvgIpc) is 3.01. The third-order valence-electron chi connectivity index (χ3n) is 3.30. The van der Waals surface area contributed by atoms with Crippen LogP contribution in [0.1, 0.15) is 33.2 Å². The number of rotatable bonds is 3. The first-order valence-corrected chi connectivity index (χ1v) is 6.92. The standard InChI is InChI=1S/C13H12N2O3S/c16-11-5-4-8-2-1-3-10(8)15(11)6-9-7-19-12(14-9)13(17)18/h4-5,7H,1-3,6H2,(H,17,18). The highest BCUT2D eigenvalue weighted by Gasteiger charge is 2.17. The molecule has 0 aliphatic heterocycles. The number of thiazole rings is 1. The lowest BCUT2D eigenvalue weighted by Gasteiger charge is -2.10. The van der Waals surface area contributed by atoms with Crippen LogP contribution in [0.4, 0.5) is 0 Å². The number of aromatic nitrogens is 2. The number of aryl methyl sites for hydroxylation is 1. The molecule has 6 heteroatoms. The van der Waals surface area contributed by atoms with Crippen LogP contribution in [0.5, 0.6) is 0 Å². The topological polar surface area (TPSA) is 72.2 Å². The second-order valence-corrected chi connectivity index (χ2v) is 5.39. The first-order valence-electron chi connectivity index (χ1n) is 6.04. The second kappa shape index (κ2) is 4.62. The van der Waals surface area contributed by atoms with Crippen LogP contribution in [-0.4, -0.2) is 20.6 Å². The van der Waals surface area contributed by atoms with Gasteiger partial charge in [0.15, 0.2) is 0 Å². The fraction of sp³-hybridized carbons (Fsp3) is 0.308. The summed E-state index contributed by atoms with van der Waals surface area (Å²) >= 11 is 1.09. The van der Waals surface area contributed by atoms with E-state index < -0.39 is 5.97 Å². The molecule has 3 rings (SSSR count). The molecular weight excluding hydrogens is 264 g/mol. The quantitative estimate of drug-likeness (QED) is 0.923. The summed E-state index contributed by atoms with van der Waals surface area (Å²) in [6.07, 6.45) is 2.98. The van der Waals surface area contributed by atoms with Crippen molar-refractivity contribution in [2.45, 2.75) is 25.8 Å². The van der Waals surface area contributed by atoms with Crippen molar-refractivity contribution < 1.29 is 9.90 Å². The minimum Gasteiger partial charge on any atom is -0.476 e. The van der Waals surface area contributed by atoms with E-state index >= 15 is 0 Å². The van der Waals surface area contributed by atoms with E-state index in [0.717, 1.165) is 36.3 Å². The predicted molar refractivity (Wildman–Crippen MR) is 70.9 cm³/mol. The number of carboxylic acids is 1. The van der Waals surface area contributed by atoms with Gasteiger partial charge in [0.1, 0.15) is 0 Å². The number of carbonyl (C=O) groups is 1. The summed E-state index contributed by atoms with van der Waals surface area (Å²) in [6, 6.07) is 3.47. The summed E-state index contributed by atoms with van der Waals surface area (Å²) < 4.78 is 1.71. The van der Waals surface area contributed by atoms with Crippen molar-refractivity contribution in [3.8, 4) is 0 Å². The molecule has 98 valence electrons. The Kier molecular flexibility index (Phi) is 2.94. The highest BCUT2D eigenvalue weighted by atomic mass is 32.1. The number of pyridine rings is 1. The van der Waals surface area contributed by atoms with Crippen molar-refractivity contribution >= 4 is 17.3 Å². The molecule has 0 radical (unpaired) electrons. The number of nitrogens with zero attached hydrogens (tertiary/aromatic N) is 2. The highest BCUT2D eigenvalue weighted by molar-refractivity contribution is 7.11. The van der Waals surface area contributed by atoms with Crippen LogP contribution in [0.25, 0.3) is 0 Å². The van der Waals surface area contributed by atoms with Gasteiger partial charge in [-0.1, -0.05) is 6.07 Å². The molecule has 0 spiro atoms. The van der Waals surface area contributed by atoms with Crippen LogP contribution in [0.2, 0.25) is 0 Å². The van der Waals surface area contributed by atoms with Crippen LogP contribution in [0.3, 0.4) is 0 Å². The summed E-state index contributed by atoms with van der Waals surface area (Å²) in [5.74, 6) is -1.03. The van der Waals surface area contributed by atoms with Crippen molar-refractivity contribution in [1.82, 2.24) is 9.55 Å². The minimum absolute atomic E-state index is 0.0504. The lowest BCUT2D eigenvalue weighted by atomic mass is 10.2. The van der Waals surface area contributed by atoms with E-state index in [1.807, 2.05) is 6.07 Å². The van der Waals surface area contributed by atoms with Gasteiger partial charge in [0.25, 0.3) is 5.56 Å². The lowest BCUT2D eigenvalue weighted by Crippen LogP contribution is -2.23. The van der Waals surface area contributed by atoms with Crippen LogP contribution < -0.4 is 5.56 Å². The summed E-state index contributed by atoms with van der Waals surface area (Å²) in [5.41, 5.74) is 2.86. The van der Waals surface area contributed by atoms with Crippen molar-refractivity contribution in [3.05, 3.63) is 49.8 Å². The summed E-state index contributed by atoms with van der Waals surface area (Å²) in [5, 5.41) is 10.6. The number of hydrogen-bond acceptors (Lipinski definition) is 4. The van der Waals surface area contributed by atoms with Crippen molar-refractivity contribution in [2.24, 2.45) is 0 Å². The van der Waals surface area contributed by atoms with E-state index in [0.29, 0.717) is 12.2 Å². The summed E-state index contributed by atoms with van der Waals surface area (Å²) in [4.78, 5) is 26.8. The molecule has 19 heavy (non-hydrogen) atoms. The Balaban J connectivity index is 1.97. The Morgan fingerprint density at radius 2 is 2.26 bits per heavy atom. The monoisotopic (exact) mass is 276 g/mol. The van der Waals surface area contributed by atoms with Gasteiger partial charge < -0.3 is 9.67 Å². The summed E-state index contributed by atoms with van der Waals surface area (Å²) in [7, 11) is 0. The third kappa shape index (κ3) is 2.19. The molecule has 0 fully saturated rings. The maximum absolute atomic E-state index is 11.9. The van der Waals surface area contributed by atoms with Gasteiger partial charge >= 0.3 is 5.97 Å². The molecule has 1 aliphatic carbocycles.